The van der Waals surface area contributed by atoms with Crippen LogP contribution < -0.4 is 5.32 Å². The van der Waals surface area contributed by atoms with Gasteiger partial charge in [-0.3, -0.25) is 5.10 Å². The van der Waals surface area contributed by atoms with Crippen molar-refractivity contribution >= 4 is 0 Å². The molecule has 1 aliphatic rings. The summed E-state index contributed by atoms with van der Waals surface area (Å²) in [6.07, 6.45) is 5.38. The average Bonchev–Trinajstić information content (AvgIpc) is 2.77. The lowest BCUT2D eigenvalue weighted by atomic mass is 9.99. The number of nitrogens with zero attached hydrogens (tertiary/aromatic N) is 1. The fourth-order valence-corrected chi connectivity index (χ4v) is 2.41. The van der Waals surface area contributed by atoms with Gasteiger partial charge in [0.25, 0.3) is 0 Å². The maximum atomic E-state index is 4.45. The zero-order valence-corrected chi connectivity index (χ0v) is 9.06. The van der Waals surface area contributed by atoms with Crippen LogP contribution >= 0.6 is 0 Å². The SMILES string of the molecule is CNCc1c(C2CCCC2)n[nH]c1C. The molecule has 2 rings (SSSR count). The van der Waals surface area contributed by atoms with Gasteiger partial charge in [0.15, 0.2) is 0 Å². The van der Waals surface area contributed by atoms with E-state index in [1.54, 1.807) is 0 Å². The largest absolute Gasteiger partial charge is 0.316 e. The summed E-state index contributed by atoms with van der Waals surface area (Å²) in [5, 5.41) is 10.8. The highest BCUT2D eigenvalue weighted by molar-refractivity contribution is 5.27. The van der Waals surface area contributed by atoms with E-state index in [1.807, 2.05) is 7.05 Å². The Bertz CT molecular complexity index is 297. The molecule has 0 atom stereocenters. The van der Waals surface area contributed by atoms with Crippen LogP contribution in [0.25, 0.3) is 0 Å². The summed E-state index contributed by atoms with van der Waals surface area (Å²) in [7, 11) is 1.99. The van der Waals surface area contributed by atoms with Crippen LogP contribution in [0.15, 0.2) is 0 Å². The van der Waals surface area contributed by atoms with E-state index in [2.05, 4.69) is 22.4 Å². The minimum absolute atomic E-state index is 0.711. The Morgan fingerprint density at radius 2 is 2.14 bits per heavy atom. The quantitative estimate of drug-likeness (QED) is 0.771. The molecule has 14 heavy (non-hydrogen) atoms. The summed E-state index contributed by atoms with van der Waals surface area (Å²) >= 11 is 0. The molecule has 1 aromatic heterocycles. The number of hydrogen-bond acceptors (Lipinski definition) is 2. The van der Waals surface area contributed by atoms with Crippen molar-refractivity contribution in [2.24, 2.45) is 0 Å². The normalized spacial score (nSPS) is 17.9. The van der Waals surface area contributed by atoms with Crippen LogP contribution in [0.2, 0.25) is 0 Å². The van der Waals surface area contributed by atoms with Crippen LogP contribution in [-0.2, 0) is 6.54 Å². The lowest BCUT2D eigenvalue weighted by Crippen LogP contribution is -2.09. The maximum Gasteiger partial charge on any atom is 0.0700 e. The van der Waals surface area contributed by atoms with Gasteiger partial charge in [-0.2, -0.15) is 5.10 Å². The molecule has 1 saturated carbocycles. The van der Waals surface area contributed by atoms with Crippen LogP contribution in [0.5, 0.6) is 0 Å². The van der Waals surface area contributed by atoms with Crippen LogP contribution in [-0.4, -0.2) is 17.2 Å². The molecule has 0 spiro atoms. The number of hydrogen-bond donors (Lipinski definition) is 2. The average molecular weight is 193 g/mol. The molecular weight excluding hydrogens is 174 g/mol. The molecule has 0 saturated heterocycles. The highest BCUT2D eigenvalue weighted by Gasteiger charge is 2.22. The molecule has 1 heterocycles. The second-order valence-electron chi connectivity index (χ2n) is 4.22. The van der Waals surface area contributed by atoms with Gasteiger partial charge in [-0.1, -0.05) is 12.8 Å². The van der Waals surface area contributed by atoms with Crippen LogP contribution in [0.1, 0.15) is 48.6 Å². The third-order valence-electron chi connectivity index (χ3n) is 3.20. The third kappa shape index (κ3) is 1.69. The van der Waals surface area contributed by atoms with Crippen LogP contribution in [0.4, 0.5) is 0 Å². The summed E-state index contributed by atoms with van der Waals surface area (Å²) in [6, 6.07) is 0. The molecule has 0 bridgehead atoms. The molecule has 0 unspecified atom stereocenters. The Hall–Kier alpha value is -0.830. The smallest absolute Gasteiger partial charge is 0.0700 e. The molecule has 0 amide bonds. The van der Waals surface area contributed by atoms with Gasteiger partial charge in [-0.25, -0.2) is 0 Å². The van der Waals surface area contributed by atoms with Crippen molar-refractivity contribution in [2.45, 2.75) is 45.1 Å². The maximum absolute atomic E-state index is 4.45. The summed E-state index contributed by atoms with van der Waals surface area (Å²) < 4.78 is 0. The van der Waals surface area contributed by atoms with Gasteiger partial charge < -0.3 is 5.32 Å². The van der Waals surface area contributed by atoms with E-state index in [-0.39, 0.29) is 0 Å². The summed E-state index contributed by atoms with van der Waals surface area (Å²) in [4.78, 5) is 0. The summed E-state index contributed by atoms with van der Waals surface area (Å²) in [5.41, 5.74) is 3.93. The number of aromatic amines is 1. The number of rotatable bonds is 3. The minimum atomic E-state index is 0.711. The number of nitrogens with one attached hydrogen (secondary N) is 2. The molecular formula is C11H19N3. The van der Waals surface area contributed by atoms with Crippen molar-refractivity contribution in [3.63, 3.8) is 0 Å². The number of H-pyrrole nitrogens is 1. The van der Waals surface area contributed by atoms with Gasteiger partial charge in [-0.05, 0) is 26.8 Å². The lowest BCUT2D eigenvalue weighted by molar-refractivity contribution is 0.675. The Balaban J connectivity index is 2.22. The second-order valence-corrected chi connectivity index (χ2v) is 4.22. The van der Waals surface area contributed by atoms with Crippen molar-refractivity contribution in [1.82, 2.24) is 15.5 Å². The van der Waals surface area contributed by atoms with Crippen molar-refractivity contribution in [3.05, 3.63) is 17.0 Å². The van der Waals surface area contributed by atoms with Gasteiger partial charge in [0.2, 0.25) is 0 Å². The standard InChI is InChI=1S/C11H19N3/c1-8-10(7-12-2)11(14-13-8)9-5-3-4-6-9/h9,12H,3-7H2,1-2H3,(H,13,14). The highest BCUT2D eigenvalue weighted by Crippen LogP contribution is 2.35. The summed E-state index contributed by atoms with van der Waals surface area (Å²) in [6.45, 7) is 3.05. The van der Waals surface area contributed by atoms with E-state index in [1.165, 1.54) is 42.6 Å². The molecule has 0 aromatic carbocycles. The predicted molar refractivity (Wildman–Crippen MR) is 57.3 cm³/mol. The van der Waals surface area contributed by atoms with Crippen LogP contribution in [0.3, 0.4) is 0 Å². The fraction of sp³-hybridized carbons (Fsp3) is 0.727. The van der Waals surface area contributed by atoms with Gasteiger partial charge in [-0.15, -0.1) is 0 Å². The van der Waals surface area contributed by atoms with E-state index < -0.39 is 0 Å². The van der Waals surface area contributed by atoms with Crippen molar-refractivity contribution < 1.29 is 0 Å². The molecule has 0 aliphatic heterocycles. The Kier molecular flexibility index (Phi) is 2.87. The molecule has 0 radical (unpaired) electrons. The molecule has 3 heteroatoms. The van der Waals surface area contributed by atoms with Crippen LogP contribution in [0, 0.1) is 6.92 Å². The van der Waals surface area contributed by atoms with Crippen molar-refractivity contribution in [1.29, 1.82) is 0 Å². The second kappa shape index (κ2) is 4.13. The zero-order valence-electron chi connectivity index (χ0n) is 9.06. The first-order chi connectivity index (χ1) is 6.83. The number of aryl methyl sites for hydroxylation is 1. The Labute approximate surface area is 85.3 Å². The van der Waals surface area contributed by atoms with E-state index in [4.69, 9.17) is 0 Å². The zero-order chi connectivity index (χ0) is 9.97. The first kappa shape index (κ1) is 9.71. The first-order valence-electron chi connectivity index (χ1n) is 5.51. The summed E-state index contributed by atoms with van der Waals surface area (Å²) in [5.74, 6) is 0.711. The highest BCUT2D eigenvalue weighted by atomic mass is 15.1. The topological polar surface area (TPSA) is 40.7 Å². The van der Waals surface area contributed by atoms with E-state index in [0.717, 1.165) is 6.54 Å². The van der Waals surface area contributed by atoms with Crippen molar-refractivity contribution in [2.75, 3.05) is 7.05 Å². The predicted octanol–water partition coefficient (Wildman–Crippen LogP) is 2.10. The van der Waals surface area contributed by atoms with Crippen molar-refractivity contribution in [3.8, 4) is 0 Å². The third-order valence-corrected chi connectivity index (χ3v) is 3.20. The fourth-order valence-electron chi connectivity index (χ4n) is 2.41. The van der Waals surface area contributed by atoms with E-state index >= 15 is 0 Å². The minimum Gasteiger partial charge on any atom is -0.316 e. The van der Waals surface area contributed by atoms with Gasteiger partial charge in [0.1, 0.15) is 0 Å². The molecule has 2 N–H and O–H groups in total. The van der Waals surface area contributed by atoms with Gasteiger partial charge in [0.05, 0.1) is 5.69 Å². The first-order valence-corrected chi connectivity index (χ1v) is 5.51. The monoisotopic (exact) mass is 193 g/mol. The lowest BCUT2D eigenvalue weighted by Gasteiger charge is -2.08. The molecule has 78 valence electrons. The Morgan fingerprint density at radius 1 is 1.43 bits per heavy atom. The van der Waals surface area contributed by atoms with Gasteiger partial charge in [0, 0.05) is 23.7 Å². The van der Waals surface area contributed by atoms with E-state index in [9.17, 15) is 0 Å². The molecule has 1 aliphatic carbocycles. The number of aromatic nitrogens is 2. The molecule has 1 aromatic rings. The molecule has 1 fully saturated rings. The van der Waals surface area contributed by atoms with Gasteiger partial charge >= 0.3 is 0 Å². The van der Waals surface area contributed by atoms with E-state index in [0.29, 0.717) is 5.92 Å². The Morgan fingerprint density at radius 3 is 2.79 bits per heavy atom. The molecule has 3 nitrogen and oxygen atoms in total.